The molecule has 4 aliphatic rings. The van der Waals surface area contributed by atoms with Crippen molar-refractivity contribution in [1.29, 1.82) is 5.26 Å². The predicted octanol–water partition coefficient (Wildman–Crippen LogP) is 13.5. The summed E-state index contributed by atoms with van der Waals surface area (Å²) in [5.41, 5.74) is 13.9. The van der Waals surface area contributed by atoms with Crippen molar-refractivity contribution in [2.75, 3.05) is 0 Å². The second-order valence-electron chi connectivity index (χ2n) is 17.6. The molecule has 0 amide bonds. The smallest absolute Gasteiger partial charge is 0.164 e. The first kappa shape index (κ1) is 36.1. The van der Waals surface area contributed by atoms with Gasteiger partial charge < -0.3 is 0 Å². The van der Waals surface area contributed by atoms with Gasteiger partial charge in [0.15, 0.2) is 17.5 Å². The number of hydrogen-bond donors (Lipinski definition) is 0. The molecule has 4 fully saturated rings. The maximum Gasteiger partial charge on any atom is 0.164 e. The molecule has 1 heterocycles. The fourth-order valence-corrected chi connectivity index (χ4v) is 11.4. The summed E-state index contributed by atoms with van der Waals surface area (Å²) in [6, 6.07) is 66.9. The lowest BCUT2D eigenvalue weighted by Crippen LogP contribution is -2.55. The first-order valence-electron chi connectivity index (χ1n) is 21.3. The average molecular weight is 773 g/mol. The number of aromatic nitrogens is 3. The van der Waals surface area contributed by atoms with Gasteiger partial charge in [0.05, 0.1) is 11.6 Å². The van der Waals surface area contributed by atoms with Crippen LogP contribution < -0.4 is 0 Å². The Morgan fingerprint density at radius 1 is 0.383 bits per heavy atom. The Morgan fingerprint density at radius 2 is 0.750 bits per heavy atom. The molecule has 0 N–H and O–H groups in total. The van der Waals surface area contributed by atoms with Crippen LogP contribution in [0.1, 0.15) is 55.2 Å². The van der Waals surface area contributed by atoms with Gasteiger partial charge in [0.25, 0.3) is 0 Å². The Morgan fingerprint density at radius 3 is 1.20 bits per heavy atom. The van der Waals surface area contributed by atoms with E-state index >= 15 is 0 Å². The fraction of sp³-hybridized carbons (Fsp3) is 0.179. The van der Waals surface area contributed by atoms with E-state index in [1.165, 1.54) is 55.2 Å². The summed E-state index contributed by atoms with van der Waals surface area (Å²) in [5.74, 6) is 3.50. The van der Waals surface area contributed by atoms with E-state index in [-0.39, 0.29) is 10.8 Å². The van der Waals surface area contributed by atoms with E-state index in [1.807, 2.05) is 24.3 Å². The molecule has 4 heteroatoms. The number of hydrogen-bond acceptors (Lipinski definition) is 4. The molecule has 288 valence electrons. The van der Waals surface area contributed by atoms with Crippen LogP contribution in [-0.2, 0) is 10.8 Å². The molecule has 8 aromatic rings. The van der Waals surface area contributed by atoms with E-state index in [0.717, 1.165) is 56.3 Å². The number of nitriles is 1. The van der Waals surface area contributed by atoms with Gasteiger partial charge in [-0.15, -0.1) is 0 Å². The molecule has 0 spiro atoms. The van der Waals surface area contributed by atoms with Crippen molar-refractivity contribution in [3.8, 4) is 73.6 Å². The van der Waals surface area contributed by atoms with Gasteiger partial charge in [-0.25, -0.2) is 15.0 Å². The third-order valence-corrected chi connectivity index (χ3v) is 13.8. The number of rotatable bonds is 8. The molecule has 7 aromatic carbocycles. The average Bonchev–Trinajstić information content (AvgIpc) is 3.32. The minimum atomic E-state index is 0.166. The van der Waals surface area contributed by atoms with E-state index in [2.05, 4.69) is 164 Å². The van der Waals surface area contributed by atoms with E-state index in [0.29, 0.717) is 23.0 Å². The molecular formula is C56H44N4. The predicted molar refractivity (Wildman–Crippen MR) is 242 cm³/mol. The second kappa shape index (κ2) is 14.7. The van der Waals surface area contributed by atoms with E-state index in [9.17, 15) is 5.26 Å². The molecule has 2 atom stereocenters. The van der Waals surface area contributed by atoms with Gasteiger partial charge in [0.1, 0.15) is 0 Å². The van der Waals surface area contributed by atoms with Crippen LogP contribution in [0.2, 0.25) is 0 Å². The fourth-order valence-electron chi connectivity index (χ4n) is 11.4. The van der Waals surface area contributed by atoms with Crippen molar-refractivity contribution in [3.63, 3.8) is 0 Å². The Bertz CT molecular complexity index is 2760. The molecule has 4 nitrogen and oxygen atoms in total. The van der Waals surface area contributed by atoms with Crippen LogP contribution in [-0.4, -0.2) is 15.0 Å². The van der Waals surface area contributed by atoms with Crippen LogP contribution in [0.5, 0.6) is 0 Å². The zero-order valence-electron chi connectivity index (χ0n) is 33.5. The molecule has 60 heavy (non-hydrogen) atoms. The molecule has 4 aliphatic carbocycles. The zero-order valence-corrected chi connectivity index (χ0v) is 33.5. The van der Waals surface area contributed by atoms with Gasteiger partial charge in [-0.2, -0.15) is 5.26 Å². The molecule has 0 aliphatic heterocycles. The molecule has 12 rings (SSSR count). The van der Waals surface area contributed by atoms with Crippen LogP contribution in [0.3, 0.4) is 0 Å². The topological polar surface area (TPSA) is 62.5 Å². The highest BCUT2D eigenvalue weighted by molar-refractivity contribution is 5.75. The molecule has 1 aromatic heterocycles. The monoisotopic (exact) mass is 772 g/mol. The molecule has 0 radical (unpaired) electrons. The minimum absolute atomic E-state index is 0.166. The van der Waals surface area contributed by atoms with Crippen molar-refractivity contribution in [3.05, 3.63) is 199 Å². The van der Waals surface area contributed by atoms with Crippen LogP contribution >= 0.6 is 0 Å². The van der Waals surface area contributed by atoms with Crippen molar-refractivity contribution in [1.82, 2.24) is 15.0 Å². The lowest BCUT2D eigenvalue weighted by atomic mass is 9.41. The highest BCUT2D eigenvalue weighted by Gasteiger charge is 2.58. The SMILES string of the molecule is N#Cc1ccc(-c2ccc(C34CC5CC(C3)CC(c3ccc(-c6nc(-c7cccc(-c8ccccc8)c7)nc(-c7cccc(-c8ccccc8)c7)n6)cc3)(C5)C4)cc2)cc1. The van der Waals surface area contributed by atoms with E-state index in [1.54, 1.807) is 0 Å². The van der Waals surface area contributed by atoms with Crippen LogP contribution in [0.4, 0.5) is 0 Å². The van der Waals surface area contributed by atoms with Gasteiger partial charge >= 0.3 is 0 Å². The third-order valence-electron chi connectivity index (χ3n) is 13.8. The largest absolute Gasteiger partial charge is 0.208 e. The summed E-state index contributed by atoms with van der Waals surface area (Å²) in [7, 11) is 0. The highest BCUT2D eigenvalue weighted by Crippen LogP contribution is 2.66. The summed E-state index contributed by atoms with van der Waals surface area (Å²) < 4.78 is 0. The number of benzene rings is 7. The summed E-state index contributed by atoms with van der Waals surface area (Å²) in [6.45, 7) is 0. The standard InChI is InChI=1S/C56H44N4/c57-36-38-17-19-43(20-18-38)44-21-25-50(26-22-44)55-32-39-29-40(33-55)35-56(34-39,37-55)51-27-23-45(24-28-51)52-58-53(48-15-7-13-46(30-48)41-9-3-1-4-10-41)60-54(59-52)49-16-8-14-47(31-49)42-11-5-2-6-12-42/h1-28,30-31,39-40H,29,32-35,37H2. The maximum absolute atomic E-state index is 9.27. The van der Waals surface area contributed by atoms with Gasteiger partial charge in [-0.05, 0) is 130 Å². The summed E-state index contributed by atoms with van der Waals surface area (Å²) in [4.78, 5) is 15.5. The molecule has 0 saturated heterocycles. The minimum Gasteiger partial charge on any atom is -0.208 e. The van der Waals surface area contributed by atoms with E-state index in [4.69, 9.17) is 15.0 Å². The summed E-state index contributed by atoms with van der Waals surface area (Å²) >= 11 is 0. The lowest BCUT2D eigenvalue weighted by molar-refractivity contribution is -0.0281. The van der Waals surface area contributed by atoms with Crippen LogP contribution in [0, 0.1) is 23.2 Å². The van der Waals surface area contributed by atoms with Crippen molar-refractivity contribution in [2.45, 2.75) is 49.4 Å². The van der Waals surface area contributed by atoms with Crippen molar-refractivity contribution in [2.24, 2.45) is 11.8 Å². The Labute approximate surface area is 352 Å². The lowest BCUT2D eigenvalue weighted by Gasteiger charge is -2.63. The second-order valence-corrected chi connectivity index (χ2v) is 17.6. The number of nitrogens with zero attached hydrogens (tertiary/aromatic N) is 4. The Balaban J connectivity index is 0.942. The highest BCUT2D eigenvalue weighted by atomic mass is 15.0. The van der Waals surface area contributed by atoms with Crippen LogP contribution in [0.15, 0.2) is 182 Å². The summed E-state index contributed by atoms with van der Waals surface area (Å²) in [5, 5.41) is 9.27. The first-order chi connectivity index (χ1) is 29.5. The van der Waals surface area contributed by atoms with Gasteiger partial charge in [0.2, 0.25) is 0 Å². The molecule has 4 saturated carbocycles. The van der Waals surface area contributed by atoms with Crippen LogP contribution in [0.25, 0.3) is 67.5 Å². The molecule has 2 unspecified atom stereocenters. The molecular weight excluding hydrogens is 729 g/mol. The Hall–Kier alpha value is -6.96. The molecule has 4 bridgehead atoms. The first-order valence-corrected chi connectivity index (χ1v) is 21.3. The zero-order chi connectivity index (χ0) is 40.1. The Kier molecular flexibility index (Phi) is 8.85. The third kappa shape index (κ3) is 6.61. The van der Waals surface area contributed by atoms with Gasteiger partial charge in [-0.1, -0.05) is 158 Å². The van der Waals surface area contributed by atoms with Gasteiger partial charge in [0, 0.05) is 16.7 Å². The van der Waals surface area contributed by atoms with Crippen molar-refractivity contribution >= 4 is 0 Å². The van der Waals surface area contributed by atoms with Crippen molar-refractivity contribution < 1.29 is 0 Å². The van der Waals surface area contributed by atoms with E-state index < -0.39 is 0 Å². The maximum atomic E-state index is 9.27. The summed E-state index contributed by atoms with van der Waals surface area (Å²) in [6.07, 6.45) is 7.66. The van der Waals surface area contributed by atoms with Gasteiger partial charge in [-0.3, -0.25) is 0 Å². The quantitative estimate of drug-likeness (QED) is 0.154. The normalized spacial score (nSPS) is 21.4.